The molecule has 0 spiro atoms. The topological polar surface area (TPSA) is 66.1 Å². The molecule has 0 aromatic carbocycles. The molecule has 1 amide bonds. The molecule has 2 aromatic rings. The van der Waals surface area contributed by atoms with E-state index in [4.69, 9.17) is 0 Å². The smallest absolute Gasteiger partial charge is 0.261 e. The van der Waals surface area contributed by atoms with Gasteiger partial charge in [-0.05, 0) is 55.4 Å². The van der Waals surface area contributed by atoms with E-state index < -0.39 is 0 Å². The van der Waals surface area contributed by atoms with E-state index in [1.807, 2.05) is 23.2 Å². The average molecular weight is 323 g/mol. The second-order valence-corrected chi connectivity index (χ2v) is 6.81. The summed E-state index contributed by atoms with van der Waals surface area (Å²) in [6.07, 6.45) is 7.88. The van der Waals surface area contributed by atoms with Crippen LogP contribution < -0.4 is 5.56 Å². The molecule has 0 bridgehead atoms. The zero-order valence-electron chi connectivity index (χ0n) is 13.6. The van der Waals surface area contributed by atoms with Gasteiger partial charge in [-0.15, -0.1) is 0 Å². The molecule has 1 N–H and O–H groups in total. The molecule has 1 aliphatic heterocycles. The Kier molecular flexibility index (Phi) is 3.92. The highest BCUT2D eigenvalue weighted by Crippen LogP contribution is 2.38. The lowest BCUT2D eigenvalue weighted by Crippen LogP contribution is -2.41. The highest BCUT2D eigenvalue weighted by molar-refractivity contribution is 5.94. The molecule has 1 unspecified atom stereocenters. The number of pyridine rings is 2. The quantitative estimate of drug-likeness (QED) is 0.944. The van der Waals surface area contributed by atoms with Crippen LogP contribution in [-0.2, 0) is 0 Å². The molecule has 124 valence electrons. The summed E-state index contributed by atoms with van der Waals surface area (Å²) in [4.78, 5) is 34.0. The number of likely N-dealkylation sites (tertiary alicyclic amines) is 1. The minimum Gasteiger partial charge on any atom is -0.338 e. The van der Waals surface area contributed by atoms with Crippen LogP contribution in [0.25, 0.3) is 0 Å². The van der Waals surface area contributed by atoms with Gasteiger partial charge in [0.2, 0.25) is 0 Å². The maximum absolute atomic E-state index is 12.8. The van der Waals surface area contributed by atoms with Gasteiger partial charge in [-0.25, -0.2) is 0 Å². The molecule has 1 saturated heterocycles. The monoisotopic (exact) mass is 323 g/mol. The number of nitrogens with one attached hydrogen (secondary N) is 1. The SMILES string of the molecule is O=C(c1ccc(C2CC2)[nH]c1=O)N1CCCC(c2cccnc2)C1. The van der Waals surface area contributed by atoms with Gasteiger partial charge in [0.05, 0.1) is 0 Å². The second kappa shape index (κ2) is 6.23. The third kappa shape index (κ3) is 2.98. The number of H-pyrrole nitrogens is 1. The van der Waals surface area contributed by atoms with Gasteiger partial charge < -0.3 is 9.88 Å². The van der Waals surface area contributed by atoms with Gasteiger partial charge in [-0.1, -0.05) is 6.07 Å². The van der Waals surface area contributed by atoms with Crippen molar-refractivity contribution >= 4 is 5.91 Å². The predicted molar refractivity (Wildman–Crippen MR) is 91.2 cm³/mol. The van der Waals surface area contributed by atoms with Crippen LogP contribution in [0.5, 0.6) is 0 Å². The van der Waals surface area contributed by atoms with Gasteiger partial charge in [-0.3, -0.25) is 14.6 Å². The van der Waals surface area contributed by atoms with Crippen LogP contribution >= 0.6 is 0 Å². The Labute approximate surface area is 140 Å². The summed E-state index contributed by atoms with van der Waals surface area (Å²) in [5, 5.41) is 0. The van der Waals surface area contributed by atoms with Crippen LogP contribution in [0.3, 0.4) is 0 Å². The molecule has 4 rings (SSSR count). The number of nitrogens with zero attached hydrogens (tertiary/aromatic N) is 2. The number of aromatic amines is 1. The maximum atomic E-state index is 12.8. The van der Waals surface area contributed by atoms with Gasteiger partial charge in [0.15, 0.2) is 0 Å². The zero-order valence-corrected chi connectivity index (χ0v) is 13.6. The van der Waals surface area contributed by atoms with Crippen molar-refractivity contribution in [3.8, 4) is 0 Å². The lowest BCUT2D eigenvalue weighted by molar-refractivity contribution is 0.0705. The molecule has 2 aromatic heterocycles. The molecule has 0 radical (unpaired) electrons. The Morgan fingerprint density at radius 1 is 1.17 bits per heavy atom. The normalized spacial score (nSPS) is 20.8. The van der Waals surface area contributed by atoms with Crippen molar-refractivity contribution in [2.45, 2.75) is 37.5 Å². The lowest BCUT2D eigenvalue weighted by Gasteiger charge is -2.32. The fourth-order valence-electron chi connectivity index (χ4n) is 3.51. The number of aromatic nitrogens is 2. The minimum atomic E-state index is -0.257. The minimum absolute atomic E-state index is 0.160. The molecular weight excluding hydrogens is 302 g/mol. The van der Waals surface area contributed by atoms with Crippen molar-refractivity contribution < 1.29 is 4.79 Å². The summed E-state index contributed by atoms with van der Waals surface area (Å²) < 4.78 is 0. The van der Waals surface area contributed by atoms with E-state index >= 15 is 0 Å². The molecule has 5 heteroatoms. The predicted octanol–water partition coefficient (Wildman–Crippen LogP) is 2.67. The van der Waals surface area contributed by atoms with E-state index in [9.17, 15) is 9.59 Å². The fraction of sp³-hybridized carbons (Fsp3) is 0.421. The Hall–Kier alpha value is -2.43. The number of piperidine rings is 1. The van der Waals surface area contributed by atoms with Crippen LogP contribution in [-0.4, -0.2) is 33.9 Å². The van der Waals surface area contributed by atoms with Crippen LogP contribution in [0.1, 0.15) is 59.1 Å². The number of rotatable bonds is 3. The average Bonchev–Trinajstić information content (AvgIpc) is 3.47. The number of carbonyl (C=O) groups excluding carboxylic acids is 1. The van der Waals surface area contributed by atoms with E-state index in [0.29, 0.717) is 24.9 Å². The van der Waals surface area contributed by atoms with Gasteiger partial charge in [-0.2, -0.15) is 0 Å². The highest BCUT2D eigenvalue weighted by atomic mass is 16.2. The van der Waals surface area contributed by atoms with Crippen molar-refractivity contribution in [2.24, 2.45) is 0 Å². The van der Waals surface area contributed by atoms with Crippen molar-refractivity contribution in [2.75, 3.05) is 13.1 Å². The van der Waals surface area contributed by atoms with Gasteiger partial charge >= 0.3 is 0 Å². The molecule has 24 heavy (non-hydrogen) atoms. The first-order chi connectivity index (χ1) is 11.7. The third-order valence-electron chi connectivity index (χ3n) is 5.04. The third-order valence-corrected chi connectivity index (χ3v) is 5.04. The maximum Gasteiger partial charge on any atom is 0.261 e. The summed E-state index contributed by atoms with van der Waals surface area (Å²) >= 11 is 0. The van der Waals surface area contributed by atoms with E-state index in [1.54, 1.807) is 12.3 Å². The van der Waals surface area contributed by atoms with Crippen molar-refractivity contribution in [3.63, 3.8) is 0 Å². The standard InChI is InChI=1S/C19H21N3O2/c23-18-16(7-8-17(21-18)13-5-6-13)19(24)22-10-2-4-15(12-22)14-3-1-9-20-11-14/h1,3,7-9,11,13,15H,2,4-6,10,12H2,(H,21,23). The Morgan fingerprint density at radius 3 is 2.75 bits per heavy atom. The molecule has 1 aliphatic carbocycles. The van der Waals surface area contributed by atoms with Crippen LogP contribution in [0.15, 0.2) is 41.5 Å². The van der Waals surface area contributed by atoms with Crippen LogP contribution in [0.4, 0.5) is 0 Å². The van der Waals surface area contributed by atoms with Crippen LogP contribution in [0, 0.1) is 0 Å². The summed E-state index contributed by atoms with van der Waals surface area (Å²) in [5.74, 6) is 0.611. The molecule has 1 saturated carbocycles. The van der Waals surface area contributed by atoms with Gasteiger partial charge in [0.1, 0.15) is 5.56 Å². The fourth-order valence-corrected chi connectivity index (χ4v) is 3.51. The van der Waals surface area contributed by atoms with Crippen LogP contribution in [0.2, 0.25) is 0 Å². The first kappa shape index (κ1) is 15.1. The Morgan fingerprint density at radius 2 is 2.04 bits per heavy atom. The molecule has 2 aliphatic rings. The first-order valence-electron chi connectivity index (χ1n) is 8.65. The highest BCUT2D eigenvalue weighted by Gasteiger charge is 2.28. The van der Waals surface area contributed by atoms with E-state index in [0.717, 1.165) is 36.9 Å². The Bertz CT molecular complexity index is 796. The molecule has 3 heterocycles. The largest absolute Gasteiger partial charge is 0.338 e. The van der Waals surface area contributed by atoms with Gasteiger partial charge in [0.25, 0.3) is 11.5 Å². The Balaban J connectivity index is 1.52. The van der Waals surface area contributed by atoms with Crippen molar-refractivity contribution in [1.29, 1.82) is 0 Å². The molecular formula is C19H21N3O2. The zero-order chi connectivity index (χ0) is 16.5. The second-order valence-electron chi connectivity index (χ2n) is 6.81. The van der Waals surface area contributed by atoms with E-state index in [-0.39, 0.29) is 17.0 Å². The lowest BCUT2D eigenvalue weighted by atomic mass is 9.91. The molecule has 2 fully saturated rings. The molecule has 5 nitrogen and oxygen atoms in total. The number of hydrogen-bond acceptors (Lipinski definition) is 3. The number of carbonyl (C=O) groups is 1. The summed E-state index contributed by atoms with van der Waals surface area (Å²) in [5.41, 5.74) is 2.12. The summed E-state index contributed by atoms with van der Waals surface area (Å²) in [6, 6.07) is 7.58. The number of hydrogen-bond donors (Lipinski definition) is 1. The van der Waals surface area contributed by atoms with Crippen molar-refractivity contribution in [3.05, 3.63) is 63.8 Å². The van der Waals surface area contributed by atoms with E-state index in [1.165, 1.54) is 0 Å². The van der Waals surface area contributed by atoms with Crippen molar-refractivity contribution in [1.82, 2.24) is 14.9 Å². The first-order valence-corrected chi connectivity index (χ1v) is 8.65. The summed E-state index contributed by atoms with van der Waals surface area (Å²) in [7, 11) is 0. The summed E-state index contributed by atoms with van der Waals surface area (Å²) in [6.45, 7) is 1.35. The van der Waals surface area contributed by atoms with Gasteiger partial charge in [0, 0.05) is 37.1 Å². The number of amides is 1. The van der Waals surface area contributed by atoms with E-state index in [2.05, 4.69) is 16.0 Å². The molecule has 1 atom stereocenters.